The second kappa shape index (κ2) is 12.1. The summed E-state index contributed by atoms with van der Waals surface area (Å²) in [6, 6.07) is -0.891. The Morgan fingerprint density at radius 2 is 0.646 bits per heavy atom. The van der Waals surface area contributed by atoms with Crippen LogP contribution in [-0.2, 0) is 0 Å². The summed E-state index contributed by atoms with van der Waals surface area (Å²) >= 11 is 5.67. The molecule has 4 aromatic rings. The summed E-state index contributed by atoms with van der Waals surface area (Å²) in [6.45, 7) is 2.38. The standard InChI is InChI=1S/C32H32N8O4S4/c41-29-17-13-46-26(34-17)22-6-2-11-39(22)31(43)19-15-48-28(36-19)24-8-4-12-40(24)32(44)20-16-47-27(35-20)23-7-3-10-38(23)30(42)18-14-45-25(33-18)21-5-1-9-37(21)29/h13-16,21-24H,1-12H2/t21-,22-,23-,24-/m0/s1. The highest BCUT2D eigenvalue weighted by Gasteiger charge is 2.40. The van der Waals surface area contributed by atoms with Crippen molar-refractivity contribution in [1.82, 2.24) is 39.5 Å². The van der Waals surface area contributed by atoms with E-state index in [1.807, 2.05) is 19.6 Å². The lowest BCUT2D eigenvalue weighted by atomic mass is 10.2. The number of amides is 4. The van der Waals surface area contributed by atoms with Gasteiger partial charge >= 0.3 is 0 Å². The summed E-state index contributed by atoms with van der Waals surface area (Å²) in [7, 11) is 0. The van der Waals surface area contributed by atoms with Crippen LogP contribution in [0.25, 0.3) is 0 Å². The maximum Gasteiger partial charge on any atom is 0.273 e. The van der Waals surface area contributed by atoms with Crippen molar-refractivity contribution in [2.75, 3.05) is 26.2 Å². The molecule has 16 heteroatoms. The van der Waals surface area contributed by atoms with E-state index in [-0.39, 0.29) is 47.8 Å². The highest BCUT2D eigenvalue weighted by atomic mass is 32.1. The molecule has 5 aliphatic rings. The average Bonchev–Trinajstić information content (AvgIpc) is 3.96. The fourth-order valence-corrected chi connectivity index (χ4v) is 11.6. The number of thiazole rings is 4. The van der Waals surface area contributed by atoms with E-state index in [0.717, 1.165) is 71.4 Å². The Bertz CT molecular complexity index is 1660. The van der Waals surface area contributed by atoms with Gasteiger partial charge in [-0.3, -0.25) is 19.2 Å². The molecule has 0 radical (unpaired) electrons. The Morgan fingerprint density at radius 3 is 0.875 bits per heavy atom. The van der Waals surface area contributed by atoms with Gasteiger partial charge in [0.2, 0.25) is 0 Å². The van der Waals surface area contributed by atoms with Gasteiger partial charge in [-0.05, 0) is 51.4 Å². The zero-order chi connectivity index (χ0) is 32.5. The lowest BCUT2D eigenvalue weighted by molar-refractivity contribution is 0.0722. The molecule has 9 rings (SSSR count). The third-order valence-corrected chi connectivity index (χ3v) is 13.9. The first-order valence-electron chi connectivity index (χ1n) is 16.5. The number of nitrogens with zero attached hydrogens (tertiary/aromatic N) is 8. The van der Waals surface area contributed by atoms with Gasteiger partial charge in [-0.25, -0.2) is 19.9 Å². The van der Waals surface area contributed by atoms with Crippen LogP contribution in [0.3, 0.4) is 0 Å². The van der Waals surface area contributed by atoms with Crippen LogP contribution >= 0.6 is 45.3 Å². The highest BCUT2D eigenvalue weighted by Crippen LogP contribution is 2.41. The average molecular weight is 721 g/mol. The molecule has 0 unspecified atom stereocenters. The molecule has 0 spiro atoms. The van der Waals surface area contributed by atoms with Gasteiger partial charge in [-0.15, -0.1) is 45.3 Å². The molecular weight excluding hydrogens is 689 g/mol. The fourth-order valence-electron chi connectivity index (χ4n) is 7.81. The zero-order valence-corrected chi connectivity index (χ0v) is 29.2. The van der Waals surface area contributed by atoms with Gasteiger partial charge in [0.1, 0.15) is 42.8 Å². The van der Waals surface area contributed by atoms with Gasteiger partial charge in [0.25, 0.3) is 23.6 Å². The van der Waals surface area contributed by atoms with Crippen molar-refractivity contribution in [1.29, 1.82) is 0 Å². The molecule has 0 saturated carbocycles. The molecule has 0 N–H and O–H groups in total. The smallest absolute Gasteiger partial charge is 0.273 e. The molecule has 4 atom stereocenters. The van der Waals surface area contributed by atoms with Crippen LogP contribution in [0.15, 0.2) is 21.5 Å². The molecule has 0 aliphatic carbocycles. The predicted molar refractivity (Wildman–Crippen MR) is 181 cm³/mol. The SMILES string of the molecule is O=C1c2csc(n2)[C@@H]2CCCN2C(=O)c2csc(n2)[C@@H]2CCCN2C(=O)c2csc(n2)[C@@H]2CCCN2C(=O)c2csc(n2)[C@@H]2CCCN12. The van der Waals surface area contributed by atoms with E-state index in [1.54, 1.807) is 21.5 Å². The summed E-state index contributed by atoms with van der Waals surface area (Å²) < 4.78 is 0. The second-order valence-corrected chi connectivity index (χ2v) is 16.5. The summed E-state index contributed by atoms with van der Waals surface area (Å²) in [5.41, 5.74) is 1.53. The number of hydrogen-bond acceptors (Lipinski definition) is 12. The first kappa shape index (κ1) is 30.5. The van der Waals surface area contributed by atoms with E-state index in [4.69, 9.17) is 19.9 Å². The number of carbonyl (C=O) groups excluding carboxylic acids is 4. The van der Waals surface area contributed by atoms with E-state index < -0.39 is 0 Å². The molecule has 9 heterocycles. The summed E-state index contributed by atoms with van der Waals surface area (Å²) in [6.07, 6.45) is 6.44. The molecule has 4 fully saturated rings. The third kappa shape index (κ3) is 5.01. The quantitative estimate of drug-likeness (QED) is 0.225. The van der Waals surface area contributed by atoms with Crippen molar-refractivity contribution in [2.45, 2.75) is 75.5 Å². The van der Waals surface area contributed by atoms with Crippen LogP contribution in [0.1, 0.15) is 138 Å². The largest absolute Gasteiger partial charge is 0.328 e. The molecule has 4 amide bonds. The van der Waals surface area contributed by atoms with Gasteiger partial charge in [0, 0.05) is 47.7 Å². The Hall–Kier alpha value is -3.60. The van der Waals surface area contributed by atoms with Gasteiger partial charge in [0.05, 0.1) is 24.2 Å². The van der Waals surface area contributed by atoms with Crippen molar-refractivity contribution in [3.63, 3.8) is 0 Å². The molecule has 4 aromatic heterocycles. The van der Waals surface area contributed by atoms with Crippen molar-refractivity contribution in [3.8, 4) is 0 Å². The summed E-state index contributed by atoms with van der Waals surface area (Å²) in [5.74, 6) is -0.584. The molecular formula is C32H32N8O4S4. The third-order valence-electron chi connectivity index (χ3n) is 10.2. The Labute approximate surface area is 292 Å². The lowest BCUT2D eigenvalue weighted by Crippen LogP contribution is -2.33. The van der Waals surface area contributed by atoms with Crippen LogP contribution in [0.5, 0.6) is 0 Å². The fraction of sp³-hybridized carbons (Fsp3) is 0.500. The molecule has 12 nitrogen and oxygen atoms in total. The Morgan fingerprint density at radius 1 is 0.417 bits per heavy atom. The molecule has 248 valence electrons. The van der Waals surface area contributed by atoms with Crippen molar-refractivity contribution in [3.05, 3.63) is 64.3 Å². The number of fused-ring (bicyclic) bond motifs is 16. The minimum absolute atomic E-state index is 0.146. The van der Waals surface area contributed by atoms with Crippen LogP contribution < -0.4 is 0 Å². The van der Waals surface area contributed by atoms with Crippen molar-refractivity contribution >= 4 is 69.0 Å². The topological polar surface area (TPSA) is 133 Å². The summed E-state index contributed by atoms with van der Waals surface area (Å²) in [5, 5.41) is 10.2. The molecule has 4 saturated heterocycles. The van der Waals surface area contributed by atoms with Crippen LogP contribution in [0.2, 0.25) is 0 Å². The van der Waals surface area contributed by atoms with Crippen LogP contribution in [0, 0.1) is 0 Å². The normalized spacial score (nSPS) is 26.2. The Kier molecular flexibility index (Phi) is 7.66. The monoisotopic (exact) mass is 720 g/mol. The van der Waals surface area contributed by atoms with E-state index >= 15 is 0 Å². The van der Waals surface area contributed by atoms with E-state index in [2.05, 4.69) is 0 Å². The second-order valence-electron chi connectivity index (χ2n) is 12.9. The number of carbonyl (C=O) groups is 4. The maximum absolute atomic E-state index is 13.9. The number of rotatable bonds is 0. The van der Waals surface area contributed by atoms with Crippen LogP contribution in [0.4, 0.5) is 0 Å². The first-order chi connectivity index (χ1) is 23.4. The lowest BCUT2D eigenvalue weighted by Gasteiger charge is -2.24. The predicted octanol–water partition coefficient (Wildman–Crippen LogP) is 5.74. The zero-order valence-electron chi connectivity index (χ0n) is 25.9. The molecule has 48 heavy (non-hydrogen) atoms. The molecule has 0 aromatic carbocycles. The van der Waals surface area contributed by atoms with E-state index in [9.17, 15) is 19.2 Å². The highest BCUT2D eigenvalue weighted by molar-refractivity contribution is 7.10. The van der Waals surface area contributed by atoms with E-state index in [0.29, 0.717) is 49.0 Å². The minimum atomic E-state index is -0.223. The maximum atomic E-state index is 13.9. The van der Waals surface area contributed by atoms with Gasteiger partial charge in [0.15, 0.2) is 0 Å². The minimum Gasteiger partial charge on any atom is -0.328 e. The van der Waals surface area contributed by atoms with Crippen molar-refractivity contribution in [2.24, 2.45) is 0 Å². The number of aromatic nitrogens is 4. The van der Waals surface area contributed by atoms with Gasteiger partial charge in [-0.1, -0.05) is 0 Å². The van der Waals surface area contributed by atoms with Gasteiger partial charge in [-0.2, -0.15) is 0 Å². The van der Waals surface area contributed by atoms with Crippen molar-refractivity contribution < 1.29 is 19.2 Å². The number of hydrogen-bond donors (Lipinski definition) is 0. The molecule has 8 bridgehead atoms. The van der Waals surface area contributed by atoms with Gasteiger partial charge < -0.3 is 19.6 Å². The first-order valence-corrected chi connectivity index (χ1v) is 20.0. The Balaban J connectivity index is 1.09. The molecule has 5 aliphatic heterocycles. The summed E-state index contributed by atoms with van der Waals surface area (Å²) in [4.78, 5) is 81.9. The van der Waals surface area contributed by atoms with E-state index in [1.165, 1.54) is 45.3 Å². The van der Waals surface area contributed by atoms with Crippen LogP contribution in [-0.4, -0.2) is 89.3 Å².